The van der Waals surface area contributed by atoms with Gasteiger partial charge in [0.15, 0.2) is 0 Å². The lowest BCUT2D eigenvalue weighted by atomic mass is 9.82. The average Bonchev–Trinajstić information content (AvgIpc) is 3.38. The van der Waals surface area contributed by atoms with Gasteiger partial charge in [-0.2, -0.15) is 0 Å². The fourth-order valence-corrected chi connectivity index (χ4v) is 7.09. The minimum Gasteiger partial charge on any atom is -0.460 e. The third-order valence-corrected chi connectivity index (χ3v) is 8.95. The molecule has 0 aliphatic rings. The van der Waals surface area contributed by atoms with Gasteiger partial charge in [0.05, 0.1) is 5.69 Å². The van der Waals surface area contributed by atoms with Crippen LogP contribution in [-0.2, 0) is 11.8 Å². The summed E-state index contributed by atoms with van der Waals surface area (Å²) in [7, 11) is 0. The molecule has 0 unspecified atom stereocenters. The quantitative estimate of drug-likeness (QED) is 0.232. The zero-order valence-corrected chi connectivity index (χ0v) is 24.2. The predicted molar refractivity (Wildman–Crippen MR) is 164 cm³/mol. The topological polar surface area (TPSA) is 26.0 Å². The van der Waals surface area contributed by atoms with E-state index >= 15 is 0 Å². The maximum Gasteiger partial charge on any atom is 0.143 e. The van der Waals surface area contributed by atoms with Crippen LogP contribution in [0, 0.1) is 19.8 Å². The lowest BCUT2D eigenvalue weighted by Gasteiger charge is -2.23. The van der Waals surface area contributed by atoms with Crippen LogP contribution in [0.3, 0.4) is 0 Å². The SMILES string of the molecule is Cc1oc2c(-c3sc4ccnc(-c5cc(C(C)(C)C)c6ccccc6c5)c4c3C)cccc2c1CC(C)C. The van der Waals surface area contributed by atoms with E-state index in [1.54, 1.807) is 0 Å². The Kier molecular flexibility index (Phi) is 5.96. The van der Waals surface area contributed by atoms with E-state index in [9.17, 15) is 0 Å². The summed E-state index contributed by atoms with van der Waals surface area (Å²) in [5.74, 6) is 1.62. The number of rotatable bonds is 4. The molecule has 0 spiro atoms. The van der Waals surface area contributed by atoms with Gasteiger partial charge in [-0.3, -0.25) is 4.98 Å². The highest BCUT2D eigenvalue weighted by Gasteiger charge is 2.23. The van der Waals surface area contributed by atoms with Crippen molar-refractivity contribution in [2.24, 2.45) is 5.92 Å². The van der Waals surface area contributed by atoms with Crippen LogP contribution in [0.4, 0.5) is 0 Å². The third-order valence-electron chi connectivity index (χ3n) is 7.66. The Balaban J connectivity index is 1.59. The van der Waals surface area contributed by atoms with Crippen LogP contribution >= 0.6 is 11.3 Å². The average molecular weight is 518 g/mol. The number of pyridine rings is 1. The number of fused-ring (bicyclic) bond motifs is 3. The van der Waals surface area contributed by atoms with Crippen molar-refractivity contribution in [1.29, 1.82) is 0 Å². The van der Waals surface area contributed by atoms with Gasteiger partial charge in [-0.25, -0.2) is 0 Å². The van der Waals surface area contributed by atoms with Gasteiger partial charge in [0.2, 0.25) is 0 Å². The highest BCUT2D eigenvalue weighted by molar-refractivity contribution is 7.22. The standard InChI is InChI=1S/C35H35NOS/c1-20(2)17-28-22(4)37-33-26(28)13-10-14-27(33)34-21(3)31-30(38-34)15-16-36-32(31)24-18-23-11-8-9-12-25(23)29(19-24)35(5,6)7/h8-16,18-20H,17H2,1-7H3. The van der Waals surface area contributed by atoms with E-state index in [-0.39, 0.29) is 5.41 Å². The van der Waals surface area contributed by atoms with E-state index in [2.05, 4.69) is 109 Å². The number of aryl methyl sites for hydroxylation is 2. The number of para-hydroxylation sites is 1. The Morgan fingerprint density at radius 1 is 0.921 bits per heavy atom. The first-order valence-corrected chi connectivity index (χ1v) is 14.4. The van der Waals surface area contributed by atoms with Crippen molar-refractivity contribution in [3.05, 3.63) is 89.3 Å². The minimum atomic E-state index is 0.0266. The number of aromatic nitrogens is 1. The van der Waals surface area contributed by atoms with Gasteiger partial charge in [-0.1, -0.05) is 71.0 Å². The zero-order valence-electron chi connectivity index (χ0n) is 23.4. The molecule has 2 nitrogen and oxygen atoms in total. The van der Waals surface area contributed by atoms with E-state index < -0.39 is 0 Å². The van der Waals surface area contributed by atoms with Crippen LogP contribution in [0.1, 0.15) is 57.1 Å². The molecule has 0 amide bonds. The van der Waals surface area contributed by atoms with Crippen molar-refractivity contribution >= 4 is 43.2 Å². The van der Waals surface area contributed by atoms with Gasteiger partial charge in [0, 0.05) is 43.2 Å². The van der Waals surface area contributed by atoms with E-state index in [4.69, 9.17) is 9.40 Å². The van der Waals surface area contributed by atoms with Gasteiger partial charge in [-0.15, -0.1) is 11.3 Å². The van der Waals surface area contributed by atoms with Crippen molar-refractivity contribution in [2.45, 2.75) is 60.3 Å². The van der Waals surface area contributed by atoms with Crippen LogP contribution < -0.4 is 0 Å². The molecule has 3 aromatic heterocycles. The van der Waals surface area contributed by atoms with Crippen molar-refractivity contribution in [3.63, 3.8) is 0 Å². The molecule has 0 radical (unpaired) electrons. The zero-order chi connectivity index (χ0) is 26.8. The first-order valence-electron chi connectivity index (χ1n) is 13.6. The Labute approximate surface area is 229 Å². The maximum atomic E-state index is 6.44. The number of hydrogen-bond donors (Lipinski definition) is 0. The summed E-state index contributed by atoms with van der Waals surface area (Å²) in [5.41, 5.74) is 8.41. The van der Waals surface area contributed by atoms with Crippen LogP contribution in [0.25, 0.3) is 53.5 Å². The van der Waals surface area contributed by atoms with Gasteiger partial charge in [0.25, 0.3) is 0 Å². The van der Waals surface area contributed by atoms with Gasteiger partial charge >= 0.3 is 0 Å². The fourth-order valence-electron chi connectivity index (χ4n) is 5.86. The molecule has 3 heteroatoms. The maximum absolute atomic E-state index is 6.44. The van der Waals surface area contributed by atoms with Gasteiger partial charge < -0.3 is 4.42 Å². The number of nitrogens with zero attached hydrogens (tertiary/aromatic N) is 1. The van der Waals surface area contributed by atoms with E-state index in [1.807, 2.05) is 17.5 Å². The molecule has 38 heavy (non-hydrogen) atoms. The van der Waals surface area contributed by atoms with Crippen LogP contribution in [0.2, 0.25) is 0 Å². The molecule has 3 heterocycles. The summed E-state index contributed by atoms with van der Waals surface area (Å²) in [5, 5.41) is 5.06. The minimum absolute atomic E-state index is 0.0266. The van der Waals surface area contributed by atoms with Crippen molar-refractivity contribution in [3.8, 4) is 21.7 Å². The molecule has 3 aromatic carbocycles. The summed E-state index contributed by atoms with van der Waals surface area (Å²) in [6.07, 6.45) is 2.99. The summed E-state index contributed by atoms with van der Waals surface area (Å²) >= 11 is 1.84. The molecule has 0 bridgehead atoms. The van der Waals surface area contributed by atoms with E-state index in [0.29, 0.717) is 5.92 Å². The molecule has 0 N–H and O–H groups in total. The molecule has 0 aliphatic heterocycles. The van der Waals surface area contributed by atoms with Crippen LogP contribution in [0.15, 0.2) is 71.3 Å². The van der Waals surface area contributed by atoms with Gasteiger partial charge in [-0.05, 0) is 77.8 Å². The highest BCUT2D eigenvalue weighted by atomic mass is 32.1. The molecular formula is C35H35NOS. The summed E-state index contributed by atoms with van der Waals surface area (Å²) in [6, 6.07) is 22.1. The van der Waals surface area contributed by atoms with E-state index in [1.165, 1.54) is 58.9 Å². The van der Waals surface area contributed by atoms with Crippen LogP contribution in [-0.4, -0.2) is 4.98 Å². The smallest absolute Gasteiger partial charge is 0.143 e. The predicted octanol–water partition coefficient (Wildman–Crippen LogP) is 10.6. The fraction of sp³-hybridized carbons (Fsp3) is 0.286. The second kappa shape index (κ2) is 9.10. The summed E-state index contributed by atoms with van der Waals surface area (Å²) < 4.78 is 7.70. The second-order valence-corrected chi connectivity index (χ2v) is 13.1. The van der Waals surface area contributed by atoms with Crippen molar-refractivity contribution in [2.75, 3.05) is 0 Å². The monoisotopic (exact) mass is 517 g/mol. The lowest BCUT2D eigenvalue weighted by molar-refractivity contribution is 0.560. The first-order chi connectivity index (χ1) is 18.1. The highest BCUT2D eigenvalue weighted by Crippen LogP contribution is 2.46. The van der Waals surface area contributed by atoms with Crippen LogP contribution in [0.5, 0.6) is 0 Å². The number of thiophene rings is 1. The molecule has 0 saturated carbocycles. The second-order valence-electron chi connectivity index (χ2n) is 12.0. The Bertz CT molecular complexity index is 1830. The molecule has 0 atom stereocenters. The van der Waals surface area contributed by atoms with Crippen molar-refractivity contribution < 1.29 is 4.42 Å². The molecule has 192 valence electrons. The normalized spacial score (nSPS) is 12.4. The Hall–Kier alpha value is -3.43. The molecule has 6 rings (SSSR count). The number of furan rings is 1. The van der Waals surface area contributed by atoms with Crippen molar-refractivity contribution in [1.82, 2.24) is 4.98 Å². The number of hydrogen-bond acceptors (Lipinski definition) is 3. The first kappa shape index (κ1) is 24.9. The molecule has 0 aliphatic carbocycles. The third kappa shape index (κ3) is 4.05. The molecule has 6 aromatic rings. The summed E-state index contributed by atoms with van der Waals surface area (Å²) in [6.45, 7) is 15.8. The molecule has 0 saturated heterocycles. The Morgan fingerprint density at radius 3 is 2.45 bits per heavy atom. The van der Waals surface area contributed by atoms with Gasteiger partial charge in [0.1, 0.15) is 11.3 Å². The molecular weight excluding hydrogens is 482 g/mol. The largest absolute Gasteiger partial charge is 0.460 e. The lowest BCUT2D eigenvalue weighted by Crippen LogP contribution is -2.12. The number of benzene rings is 3. The van der Waals surface area contributed by atoms with E-state index in [0.717, 1.165) is 23.5 Å². The Morgan fingerprint density at radius 2 is 1.68 bits per heavy atom. The molecule has 0 fully saturated rings. The summed E-state index contributed by atoms with van der Waals surface area (Å²) in [4.78, 5) is 6.24.